The van der Waals surface area contributed by atoms with Crippen LogP contribution in [-0.2, 0) is 0 Å². The van der Waals surface area contributed by atoms with Crippen molar-refractivity contribution < 1.29 is 10.0 Å². The number of aromatic nitrogens is 1. The molecule has 0 spiro atoms. The number of rotatable bonds is 2. The molecular weight excluding hydrogens is 141 g/mol. The highest BCUT2D eigenvalue weighted by Gasteiger charge is 2.18. The lowest BCUT2D eigenvalue weighted by molar-refractivity contribution is 0.424. The highest BCUT2D eigenvalue weighted by Crippen LogP contribution is 2.10. The van der Waals surface area contributed by atoms with Gasteiger partial charge in [-0.25, -0.2) is 0 Å². The van der Waals surface area contributed by atoms with Crippen LogP contribution in [0.2, 0.25) is 0 Å². The van der Waals surface area contributed by atoms with Crippen LogP contribution in [0.3, 0.4) is 0 Å². The third-order valence-corrected chi connectivity index (χ3v) is 1.69. The Hall–Kier alpha value is -0.735. The zero-order valence-corrected chi connectivity index (χ0v) is 6.70. The van der Waals surface area contributed by atoms with Crippen molar-refractivity contribution in [2.75, 3.05) is 0 Å². The van der Waals surface area contributed by atoms with Crippen molar-refractivity contribution in [2.45, 2.75) is 19.8 Å². The maximum atomic E-state index is 8.87. The zero-order valence-electron chi connectivity index (χ0n) is 6.70. The molecule has 0 aliphatic rings. The fourth-order valence-electron chi connectivity index (χ4n) is 1.12. The second-order valence-electron chi connectivity index (χ2n) is 2.88. The zero-order chi connectivity index (χ0) is 8.43. The summed E-state index contributed by atoms with van der Waals surface area (Å²) in [6.07, 6.45) is 1.71. The third kappa shape index (κ3) is 1.64. The molecule has 0 saturated carbocycles. The van der Waals surface area contributed by atoms with Crippen molar-refractivity contribution in [3.63, 3.8) is 0 Å². The molecule has 0 amide bonds. The highest BCUT2D eigenvalue weighted by atomic mass is 16.4. The van der Waals surface area contributed by atoms with Crippen LogP contribution in [0.25, 0.3) is 0 Å². The van der Waals surface area contributed by atoms with Gasteiger partial charge in [-0.05, 0) is 17.5 Å². The summed E-state index contributed by atoms with van der Waals surface area (Å²) in [5.41, 5.74) is 1.46. The van der Waals surface area contributed by atoms with E-state index in [4.69, 9.17) is 10.0 Å². The van der Waals surface area contributed by atoms with Crippen molar-refractivity contribution in [2.24, 2.45) is 0 Å². The minimum atomic E-state index is -1.39. The van der Waals surface area contributed by atoms with Crippen molar-refractivity contribution in [3.05, 3.63) is 17.8 Å². The first-order chi connectivity index (χ1) is 5.13. The molecule has 0 unspecified atom stereocenters. The number of hydrogen-bond acceptors (Lipinski definition) is 2. The van der Waals surface area contributed by atoms with Gasteiger partial charge < -0.3 is 15.0 Å². The number of H-pyrrole nitrogens is 1. The average Bonchev–Trinajstić information content (AvgIpc) is 2.32. The Kier molecular flexibility index (Phi) is 2.36. The topological polar surface area (TPSA) is 56.2 Å². The van der Waals surface area contributed by atoms with Gasteiger partial charge in [-0.3, -0.25) is 0 Å². The Balaban J connectivity index is 2.96. The minimum Gasteiger partial charge on any atom is -0.422 e. The summed E-state index contributed by atoms with van der Waals surface area (Å²) in [4.78, 5) is 2.79. The fourth-order valence-corrected chi connectivity index (χ4v) is 1.12. The lowest BCUT2D eigenvalue weighted by Gasteiger charge is -2.05. The van der Waals surface area contributed by atoms with Crippen LogP contribution in [0.15, 0.2) is 12.3 Å². The Morgan fingerprint density at radius 1 is 1.45 bits per heavy atom. The van der Waals surface area contributed by atoms with Crippen LogP contribution < -0.4 is 5.59 Å². The molecular formula is C7H12BNO2. The maximum absolute atomic E-state index is 8.87. The van der Waals surface area contributed by atoms with E-state index in [-0.39, 0.29) is 0 Å². The Labute approximate surface area is 66.2 Å². The summed E-state index contributed by atoms with van der Waals surface area (Å²) in [6, 6.07) is 1.86. The lowest BCUT2D eigenvalue weighted by Crippen LogP contribution is -2.33. The third-order valence-electron chi connectivity index (χ3n) is 1.69. The molecule has 3 N–H and O–H groups in total. The second kappa shape index (κ2) is 3.11. The second-order valence-corrected chi connectivity index (χ2v) is 2.88. The van der Waals surface area contributed by atoms with Crippen LogP contribution >= 0.6 is 0 Å². The van der Waals surface area contributed by atoms with Crippen LogP contribution in [-0.4, -0.2) is 22.2 Å². The van der Waals surface area contributed by atoms with Crippen LogP contribution in [0.4, 0.5) is 0 Å². The quantitative estimate of drug-likeness (QED) is 0.516. The molecule has 1 heterocycles. The van der Waals surface area contributed by atoms with Crippen LogP contribution in [0.1, 0.15) is 25.3 Å². The molecule has 1 aromatic heterocycles. The van der Waals surface area contributed by atoms with Gasteiger partial charge >= 0.3 is 7.12 Å². The van der Waals surface area contributed by atoms with Gasteiger partial charge in [0.1, 0.15) is 0 Å². The van der Waals surface area contributed by atoms with Crippen molar-refractivity contribution in [1.82, 2.24) is 4.98 Å². The van der Waals surface area contributed by atoms with Crippen LogP contribution in [0.5, 0.6) is 0 Å². The molecule has 11 heavy (non-hydrogen) atoms. The van der Waals surface area contributed by atoms with Gasteiger partial charge in [0.2, 0.25) is 0 Å². The van der Waals surface area contributed by atoms with Gasteiger partial charge in [0.05, 0.1) is 0 Å². The summed E-state index contributed by atoms with van der Waals surface area (Å²) in [5.74, 6) is 0.318. The van der Waals surface area contributed by atoms with Crippen molar-refractivity contribution in [3.8, 4) is 0 Å². The molecule has 1 aromatic rings. The van der Waals surface area contributed by atoms with Gasteiger partial charge in [-0.2, -0.15) is 0 Å². The first-order valence-electron chi connectivity index (χ1n) is 3.66. The number of nitrogens with one attached hydrogen (secondary N) is 1. The van der Waals surface area contributed by atoms with Crippen molar-refractivity contribution in [1.29, 1.82) is 0 Å². The summed E-state index contributed by atoms with van der Waals surface area (Å²) >= 11 is 0. The molecule has 60 valence electrons. The maximum Gasteiger partial charge on any atom is 0.505 e. The molecule has 0 atom stereocenters. The molecule has 0 aromatic carbocycles. The minimum absolute atomic E-state index is 0.318. The van der Waals surface area contributed by atoms with Crippen molar-refractivity contribution >= 4 is 12.7 Å². The number of aromatic amines is 1. The normalized spacial score (nSPS) is 10.6. The van der Waals surface area contributed by atoms with E-state index < -0.39 is 7.12 Å². The molecule has 1 rings (SSSR count). The number of hydrogen-bond donors (Lipinski definition) is 3. The van der Waals surface area contributed by atoms with E-state index in [9.17, 15) is 0 Å². The van der Waals surface area contributed by atoms with Gasteiger partial charge in [0, 0.05) is 11.8 Å². The molecule has 4 heteroatoms. The molecule has 0 radical (unpaired) electrons. The predicted octanol–water partition coefficient (Wildman–Crippen LogP) is -0.182. The van der Waals surface area contributed by atoms with Gasteiger partial charge in [0.15, 0.2) is 0 Å². The molecule has 0 aliphatic carbocycles. The van der Waals surface area contributed by atoms with Gasteiger partial charge in [0.25, 0.3) is 0 Å². The molecule has 3 nitrogen and oxygen atoms in total. The standard InChI is InChI=1S/C7H12BNO2/c1-5(2)6-3-4-9-7(6)8(10)11/h3-5,9-11H,1-2H3. The van der Waals surface area contributed by atoms with Gasteiger partial charge in [-0.15, -0.1) is 0 Å². The molecule has 0 bridgehead atoms. The predicted molar refractivity (Wildman–Crippen MR) is 44.7 cm³/mol. The van der Waals surface area contributed by atoms with Gasteiger partial charge in [-0.1, -0.05) is 13.8 Å². The Morgan fingerprint density at radius 2 is 2.09 bits per heavy atom. The summed E-state index contributed by atoms with van der Waals surface area (Å²) < 4.78 is 0. The molecule has 0 saturated heterocycles. The van der Waals surface area contributed by atoms with E-state index in [2.05, 4.69) is 4.98 Å². The molecule has 0 aliphatic heterocycles. The largest absolute Gasteiger partial charge is 0.505 e. The smallest absolute Gasteiger partial charge is 0.422 e. The lowest BCUT2D eigenvalue weighted by atomic mass is 9.80. The van der Waals surface area contributed by atoms with E-state index in [1.54, 1.807) is 6.20 Å². The first kappa shape index (κ1) is 8.36. The van der Waals surface area contributed by atoms with E-state index in [0.29, 0.717) is 11.5 Å². The van der Waals surface area contributed by atoms with E-state index in [1.165, 1.54) is 0 Å². The summed E-state index contributed by atoms with van der Waals surface area (Å²) in [5, 5.41) is 17.7. The first-order valence-corrected chi connectivity index (χ1v) is 3.66. The summed E-state index contributed by atoms with van der Waals surface area (Å²) in [6.45, 7) is 4.02. The average molecular weight is 153 g/mol. The van der Waals surface area contributed by atoms with E-state index in [1.807, 2.05) is 19.9 Å². The monoisotopic (exact) mass is 153 g/mol. The van der Waals surface area contributed by atoms with E-state index in [0.717, 1.165) is 5.56 Å². The fraction of sp³-hybridized carbons (Fsp3) is 0.429. The van der Waals surface area contributed by atoms with Crippen LogP contribution in [0, 0.1) is 0 Å². The highest BCUT2D eigenvalue weighted by molar-refractivity contribution is 6.58. The Morgan fingerprint density at radius 3 is 2.45 bits per heavy atom. The molecule has 0 fully saturated rings. The Bertz CT molecular complexity index is 210. The van der Waals surface area contributed by atoms with E-state index >= 15 is 0 Å². The SMILES string of the molecule is CC(C)c1cc[nH]c1B(O)O. The summed E-state index contributed by atoms with van der Waals surface area (Å²) in [7, 11) is -1.39.